The van der Waals surface area contributed by atoms with Gasteiger partial charge in [0.2, 0.25) is 0 Å². The monoisotopic (exact) mass is 459 g/mol. The van der Waals surface area contributed by atoms with Crippen LogP contribution in [-0.2, 0) is 30.8 Å². The number of aromatic nitrogens is 3. The molecule has 9 nitrogen and oxygen atoms in total. The van der Waals surface area contributed by atoms with Crippen LogP contribution in [0.15, 0.2) is 59.3 Å². The molecule has 1 aliphatic heterocycles. The van der Waals surface area contributed by atoms with Crippen LogP contribution in [0.3, 0.4) is 0 Å². The van der Waals surface area contributed by atoms with E-state index in [0.29, 0.717) is 49.7 Å². The third kappa shape index (κ3) is 4.29. The fourth-order valence-electron chi connectivity index (χ4n) is 4.22. The van der Waals surface area contributed by atoms with Gasteiger partial charge in [-0.25, -0.2) is 0 Å². The summed E-state index contributed by atoms with van der Waals surface area (Å²) in [6, 6.07) is 13.0. The lowest BCUT2D eigenvalue weighted by Crippen LogP contribution is -2.37. The van der Waals surface area contributed by atoms with E-state index < -0.39 is 0 Å². The Labute approximate surface area is 196 Å². The lowest BCUT2D eigenvalue weighted by molar-refractivity contribution is 0.0700. The van der Waals surface area contributed by atoms with Crippen molar-refractivity contribution in [3.8, 4) is 0 Å². The number of benzene rings is 1. The van der Waals surface area contributed by atoms with Crippen LogP contribution in [0, 0.1) is 0 Å². The maximum Gasteiger partial charge on any atom is 0.289 e. The number of ether oxygens (including phenoxy) is 1. The summed E-state index contributed by atoms with van der Waals surface area (Å²) in [5.41, 5.74) is 3.61. The van der Waals surface area contributed by atoms with Crippen LogP contribution >= 0.6 is 0 Å². The predicted molar refractivity (Wildman–Crippen MR) is 124 cm³/mol. The van der Waals surface area contributed by atoms with Crippen molar-refractivity contribution in [2.75, 3.05) is 20.3 Å². The molecule has 0 radical (unpaired) electrons. The van der Waals surface area contributed by atoms with Crippen LogP contribution < -0.4 is 5.32 Å². The van der Waals surface area contributed by atoms with E-state index in [-0.39, 0.29) is 18.4 Å². The highest BCUT2D eigenvalue weighted by atomic mass is 16.5. The van der Waals surface area contributed by atoms with Gasteiger partial charge >= 0.3 is 0 Å². The average molecular weight is 460 g/mol. The molecule has 5 rings (SSSR count). The molecule has 0 fully saturated rings. The number of carbonyl (C=O) groups excluding carboxylic acids is 2. The molecular formula is C25H25N5O4. The summed E-state index contributed by atoms with van der Waals surface area (Å²) in [7, 11) is 1.63. The van der Waals surface area contributed by atoms with Gasteiger partial charge in [0, 0.05) is 55.7 Å². The molecule has 0 atom stereocenters. The Morgan fingerprint density at radius 1 is 1.21 bits per heavy atom. The lowest BCUT2D eigenvalue weighted by atomic mass is 10.0. The maximum atomic E-state index is 13.2. The number of methoxy groups -OCH3 is 1. The largest absolute Gasteiger partial charge is 0.451 e. The summed E-state index contributed by atoms with van der Waals surface area (Å²) in [5.74, 6) is -0.193. The summed E-state index contributed by atoms with van der Waals surface area (Å²) < 4.78 is 12.8. The van der Waals surface area contributed by atoms with Gasteiger partial charge in [0.15, 0.2) is 11.5 Å². The van der Waals surface area contributed by atoms with Crippen molar-refractivity contribution in [3.05, 3.63) is 83.1 Å². The van der Waals surface area contributed by atoms with E-state index in [4.69, 9.17) is 9.15 Å². The zero-order valence-electron chi connectivity index (χ0n) is 18.9. The zero-order chi connectivity index (χ0) is 23.5. The van der Waals surface area contributed by atoms with Gasteiger partial charge in [-0.05, 0) is 23.8 Å². The van der Waals surface area contributed by atoms with Gasteiger partial charge in [0.25, 0.3) is 11.8 Å². The van der Waals surface area contributed by atoms with Crippen LogP contribution in [0.4, 0.5) is 0 Å². The van der Waals surface area contributed by atoms with E-state index in [1.54, 1.807) is 30.5 Å². The van der Waals surface area contributed by atoms with Crippen molar-refractivity contribution in [2.45, 2.75) is 26.1 Å². The number of amides is 2. The SMILES string of the molecule is COCCn1nc(C(=O)NCc2cccnc2)c2c1CCN(C(=O)c1cc3ccccc3o1)C2. The Morgan fingerprint density at radius 2 is 2.09 bits per heavy atom. The molecule has 1 aromatic carbocycles. The Morgan fingerprint density at radius 3 is 2.88 bits per heavy atom. The van der Waals surface area contributed by atoms with Crippen LogP contribution in [0.1, 0.15) is 37.9 Å². The van der Waals surface area contributed by atoms with Crippen molar-refractivity contribution in [2.24, 2.45) is 0 Å². The van der Waals surface area contributed by atoms with E-state index in [2.05, 4.69) is 15.4 Å². The van der Waals surface area contributed by atoms with Crippen molar-refractivity contribution >= 4 is 22.8 Å². The predicted octanol–water partition coefficient (Wildman–Crippen LogP) is 2.80. The first-order chi connectivity index (χ1) is 16.6. The molecule has 0 aliphatic carbocycles. The number of carbonyl (C=O) groups is 2. The summed E-state index contributed by atoms with van der Waals surface area (Å²) in [4.78, 5) is 32.1. The zero-order valence-corrected chi connectivity index (χ0v) is 18.9. The molecule has 4 heterocycles. The molecule has 174 valence electrons. The second-order valence-electron chi connectivity index (χ2n) is 8.16. The summed E-state index contributed by atoms with van der Waals surface area (Å²) >= 11 is 0. The van der Waals surface area contributed by atoms with Gasteiger partial charge in [-0.1, -0.05) is 24.3 Å². The normalized spacial score (nSPS) is 13.1. The molecule has 9 heteroatoms. The summed E-state index contributed by atoms with van der Waals surface area (Å²) in [6.07, 6.45) is 3.99. The standard InChI is InChI=1S/C25H25N5O4/c1-33-12-11-30-20-8-10-29(25(32)22-13-18-6-2-3-7-21(18)34-22)16-19(20)23(28-30)24(31)27-15-17-5-4-9-26-14-17/h2-7,9,13-14H,8,10-12,15-16H2,1H3,(H,27,31). The number of furan rings is 1. The smallest absolute Gasteiger partial charge is 0.289 e. The minimum Gasteiger partial charge on any atom is -0.451 e. The minimum atomic E-state index is -0.283. The highest BCUT2D eigenvalue weighted by Gasteiger charge is 2.31. The Hall–Kier alpha value is -3.98. The molecule has 0 bridgehead atoms. The van der Waals surface area contributed by atoms with Crippen LogP contribution in [-0.4, -0.2) is 51.7 Å². The number of pyridine rings is 1. The first kappa shape index (κ1) is 21.8. The Bertz CT molecular complexity index is 1290. The van der Waals surface area contributed by atoms with Gasteiger partial charge in [0.05, 0.1) is 19.7 Å². The number of hydrogen-bond acceptors (Lipinski definition) is 6. The highest BCUT2D eigenvalue weighted by Crippen LogP contribution is 2.26. The summed E-state index contributed by atoms with van der Waals surface area (Å²) in [5, 5.41) is 8.39. The van der Waals surface area contributed by atoms with Crippen molar-refractivity contribution in [1.82, 2.24) is 25.0 Å². The molecule has 34 heavy (non-hydrogen) atoms. The first-order valence-electron chi connectivity index (χ1n) is 11.2. The fraction of sp³-hybridized carbons (Fsp3) is 0.280. The third-order valence-corrected chi connectivity index (χ3v) is 5.96. The van der Waals surface area contributed by atoms with Gasteiger partial charge in [-0.15, -0.1) is 0 Å². The van der Waals surface area contributed by atoms with Gasteiger partial charge in [-0.3, -0.25) is 19.3 Å². The Balaban J connectivity index is 1.39. The number of para-hydroxylation sites is 1. The second-order valence-corrected chi connectivity index (χ2v) is 8.16. The number of nitrogens with zero attached hydrogens (tertiary/aromatic N) is 4. The highest BCUT2D eigenvalue weighted by molar-refractivity contribution is 5.97. The van der Waals surface area contributed by atoms with Crippen LogP contribution in [0.2, 0.25) is 0 Å². The van der Waals surface area contributed by atoms with Crippen LogP contribution in [0.5, 0.6) is 0 Å². The van der Waals surface area contributed by atoms with E-state index in [1.807, 2.05) is 41.1 Å². The van der Waals surface area contributed by atoms with Gasteiger partial charge in [-0.2, -0.15) is 5.10 Å². The third-order valence-electron chi connectivity index (χ3n) is 5.96. The number of fused-ring (bicyclic) bond motifs is 2. The van der Waals surface area contributed by atoms with Crippen molar-refractivity contribution in [3.63, 3.8) is 0 Å². The van der Waals surface area contributed by atoms with Crippen LogP contribution in [0.25, 0.3) is 11.0 Å². The van der Waals surface area contributed by atoms with Gasteiger partial charge < -0.3 is 19.4 Å². The lowest BCUT2D eigenvalue weighted by Gasteiger charge is -2.27. The Kier molecular flexibility index (Phi) is 6.09. The molecule has 4 aromatic rings. The molecule has 0 spiro atoms. The molecular weight excluding hydrogens is 434 g/mol. The topological polar surface area (TPSA) is 102 Å². The molecule has 0 saturated heterocycles. The van der Waals surface area contributed by atoms with Crippen molar-refractivity contribution < 1.29 is 18.7 Å². The number of rotatable bonds is 7. The average Bonchev–Trinajstić information content (AvgIpc) is 3.47. The molecule has 3 aromatic heterocycles. The fourth-order valence-corrected chi connectivity index (χ4v) is 4.22. The van der Waals surface area contributed by atoms with E-state index >= 15 is 0 Å². The second kappa shape index (κ2) is 9.48. The van der Waals surface area contributed by atoms with E-state index in [0.717, 1.165) is 22.2 Å². The minimum absolute atomic E-state index is 0.201. The first-order valence-corrected chi connectivity index (χ1v) is 11.2. The molecule has 0 saturated carbocycles. The molecule has 2 amide bonds. The van der Waals surface area contributed by atoms with E-state index in [1.165, 1.54) is 0 Å². The summed E-state index contributed by atoms with van der Waals surface area (Å²) in [6.45, 7) is 2.15. The number of nitrogens with one attached hydrogen (secondary N) is 1. The molecule has 0 unspecified atom stereocenters. The quantitative estimate of drug-likeness (QED) is 0.456. The molecule has 1 aliphatic rings. The molecule has 1 N–H and O–H groups in total. The van der Waals surface area contributed by atoms with Gasteiger partial charge in [0.1, 0.15) is 5.58 Å². The maximum absolute atomic E-state index is 13.2. The van der Waals surface area contributed by atoms with E-state index in [9.17, 15) is 9.59 Å². The number of hydrogen-bond donors (Lipinski definition) is 1. The van der Waals surface area contributed by atoms with Crippen molar-refractivity contribution in [1.29, 1.82) is 0 Å².